The normalized spacial score (nSPS) is 14.2. The molecule has 1 aliphatic heterocycles. The van der Waals surface area contributed by atoms with E-state index in [2.05, 4.69) is 0 Å². The maximum atomic E-state index is 12.4. The number of carbonyl (C=O) groups excluding carboxylic acids is 2. The lowest BCUT2D eigenvalue weighted by Gasteiger charge is -2.34. The predicted molar refractivity (Wildman–Crippen MR) is 95.4 cm³/mol. The van der Waals surface area contributed by atoms with Gasteiger partial charge in [-0.2, -0.15) is 0 Å². The molecule has 0 saturated carbocycles. The molecule has 0 N–H and O–H groups in total. The van der Waals surface area contributed by atoms with Crippen LogP contribution in [0.15, 0.2) is 42.5 Å². The maximum absolute atomic E-state index is 12.4. The Morgan fingerprint density at radius 2 is 1.69 bits per heavy atom. The van der Waals surface area contributed by atoms with Gasteiger partial charge in [0.15, 0.2) is 6.61 Å². The Kier molecular flexibility index (Phi) is 5.47. The van der Waals surface area contributed by atoms with Gasteiger partial charge in [0.05, 0.1) is 9.80 Å². The smallest absolute Gasteiger partial charge is 0.324 e. The lowest BCUT2D eigenvalue weighted by Crippen LogP contribution is -2.51. The molecule has 2 amide bonds. The molecule has 136 valence electrons. The Labute approximate surface area is 153 Å². The predicted octanol–water partition coefficient (Wildman–Crippen LogP) is 2.02. The van der Waals surface area contributed by atoms with Crippen molar-refractivity contribution in [2.24, 2.45) is 0 Å². The molecule has 26 heavy (non-hydrogen) atoms. The van der Waals surface area contributed by atoms with E-state index in [0.29, 0.717) is 36.8 Å². The summed E-state index contributed by atoms with van der Waals surface area (Å²) in [6.45, 7) is 1.56. The van der Waals surface area contributed by atoms with Crippen molar-refractivity contribution in [3.63, 3.8) is 0 Å². The second-order valence-electron chi connectivity index (χ2n) is 5.67. The van der Waals surface area contributed by atoms with Gasteiger partial charge in [0.25, 0.3) is 11.8 Å². The van der Waals surface area contributed by atoms with Crippen LogP contribution in [0.2, 0.25) is 0 Å². The Hall–Kier alpha value is -2.94. The summed E-state index contributed by atoms with van der Waals surface area (Å²) < 4.78 is 5.46. The fourth-order valence-corrected chi connectivity index (χ4v) is 3.40. The molecule has 2 aromatic rings. The third-order valence-electron chi connectivity index (χ3n) is 4.01. The van der Waals surface area contributed by atoms with E-state index >= 15 is 0 Å². The van der Waals surface area contributed by atoms with Crippen LogP contribution in [0.25, 0.3) is 0 Å². The average molecular weight is 375 g/mol. The van der Waals surface area contributed by atoms with Crippen LogP contribution in [0, 0.1) is 10.1 Å². The van der Waals surface area contributed by atoms with E-state index in [0.717, 1.165) is 11.3 Å². The van der Waals surface area contributed by atoms with Crippen LogP contribution in [0.4, 0.5) is 5.00 Å². The molecular formula is C17H17N3O5S. The van der Waals surface area contributed by atoms with E-state index in [1.54, 1.807) is 21.9 Å². The molecule has 3 rings (SSSR count). The van der Waals surface area contributed by atoms with Crippen molar-refractivity contribution in [2.75, 3.05) is 32.8 Å². The number of nitrogens with zero attached hydrogens (tertiary/aromatic N) is 3. The van der Waals surface area contributed by atoms with Gasteiger partial charge in [0.2, 0.25) is 0 Å². The number of hydrogen-bond acceptors (Lipinski definition) is 6. The summed E-state index contributed by atoms with van der Waals surface area (Å²) in [5, 5.41) is 10.7. The summed E-state index contributed by atoms with van der Waals surface area (Å²) in [5.74, 6) is 0.261. The molecule has 1 saturated heterocycles. The molecular weight excluding hydrogens is 358 g/mol. The quantitative estimate of drug-likeness (QED) is 0.589. The number of amides is 2. The molecule has 9 heteroatoms. The number of benzene rings is 1. The van der Waals surface area contributed by atoms with Gasteiger partial charge in [-0.25, -0.2) is 0 Å². The van der Waals surface area contributed by atoms with E-state index in [-0.39, 0.29) is 23.4 Å². The topological polar surface area (TPSA) is 93.0 Å². The summed E-state index contributed by atoms with van der Waals surface area (Å²) in [5.41, 5.74) is 0. The van der Waals surface area contributed by atoms with Gasteiger partial charge in [-0.15, -0.1) is 0 Å². The number of para-hydroxylation sites is 1. The van der Waals surface area contributed by atoms with Crippen molar-refractivity contribution in [2.45, 2.75) is 0 Å². The fraction of sp³-hybridized carbons (Fsp3) is 0.294. The summed E-state index contributed by atoms with van der Waals surface area (Å²) in [4.78, 5) is 38.5. The number of hydrogen-bond donors (Lipinski definition) is 0. The van der Waals surface area contributed by atoms with Crippen LogP contribution < -0.4 is 4.74 Å². The number of thiophene rings is 1. The largest absolute Gasteiger partial charge is 0.484 e. The third-order valence-corrected chi connectivity index (χ3v) is 5.03. The third kappa shape index (κ3) is 4.17. The molecule has 8 nitrogen and oxygen atoms in total. The maximum Gasteiger partial charge on any atom is 0.324 e. The van der Waals surface area contributed by atoms with Crippen LogP contribution in [0.1, 0.15) is 9.67 Å². The minimum Gasteiger partial charge on any atom is -0.484 e. The van der Waals surface area contributed by atoms with Crippen LogP contribution in [-0.4, -0.2) is 59.3 Å². The van der Waals surface area contributed by atoms with Crippen LogP contribution in [0.5, 0.6) is 5.75 Å². The Morgan fingerprint density at radius 3 is 2.31 bits per heavy atom. The van der Waals surface area contributed by atoms with Crippen molar-refractivity contribution in [1.82, 2.24) is 9.80 Å². The zero-order valence-electron chi connectivity index (χ0n) is 13.9. The van der Waals surface area contributed by atoms with E-state index in [4.69, 9.17) is 4.74 Å². The summed E-state index contributed by atoms with van der Waals surface area (Å²) in [7, 11) is 0. The summed E-state index contributed by atoms with van der Waals surface area (Å²) >= 11 is 0.865. The molecule has 0 radical (unpaired) electrons. The van der Waals surface area contributed by atoms with Crippen LogP contribution >= 0.6 is 11.3 Å². The molecule has 0 atom stereocenters. The number of rotatable bonds is 5. The molecule has 1 fully saturated rings. The highest BCUT2D eigenvalue weighted by molar-refractivity contribution is 7.17. The lowest BCUT2D eigenvalue weighted by atomic mass is 10.3. The van der Waals surface area contributed by atoms with E-state index in [9.17, 15) is 19.7 Å². The van der Waals surface area contributed by atoms with Crippen molar-refractivity contribution in [1.29, 1.82) is 0 Å². The molecule has 2 heterocycles. The molecule has 0 aliphatic carbocycles. The molecule has 1 aliphatic rings. The first-order valence-electron chi connectivity index (χ1n) is 8.04. The first-order valence-corrected chi connectivity index (χ1v) is 8.85. The Balaban J connectivity index is 1.49. The highest BCUT2D eigenvalue weighted by Crippen LogP contribution is 2.25. The van der Waals surface area contributed by atoms with E-state index in [1.165, 1.54) is 12.1 Å². The van der Waals surface area contributed by atoms with Crippen LogP contribution in [0.3, 0.4) is 0 Å². The lowest BCUT2D eigenvalue weighted by molar-refractivity contribution is -0.380. The standard InChI is InChI=1S/C17H17N3O5S/c21-15(12-25-13-4-2-1-3-5-13)18-8-10-19(11-9-18)17(22)14-6-7-16(26-14)20(23)24/h1-7H,8-12H2. The van der Waals surface area contributed by atoms with Crippen molar-refractivity contribution < 1.29 is 19.2 Å². The van der Waals surface area contributed by atoms with Gasteiger partial charge < -0.3 is 14.5 Å². The monoisotopic (exact) mass is 375 g/mol. The second kappa shape index (κ2) is 7.96. The first-order chi connectivity index (χ1) is 12.5. The van der Waals surface area contributed by atoms with Gasteiger partial charge in [-0.1, -0.05) is 29.5 Å². The Bertz CT molecular complexity index is 800. The van der Waals surface area contributed by atoms with E-state index in [1.807, 2.05) is 18.2 Å². The second-order valence-corrected chi connectivity index (χ2v) is 6.73. The van der Waals surface area contributed by atoms with Crippen molar-refractivity contribution in [3.8, 4) is 5.75 Å². The minimum absolute atomic E-state index is 0.0465. The zero-order chi connectivity index (χ0) is 18.5. The average Bonchev–Trinajstić information content (AvgIpc) is 3.17. The van der Waals surface area contributed by atoms with E-state index < -0.39 is 4.92 Å². The van der Waals surface area contributed by atoms with Crippen LogP contribution in [-0.2, 0) is 4.79 Å². The SMILES string of the molecule is O=C(COc1ccccc1)N1CCN(C(=O)c2ccc([N+](=O)[O-])s2)CC1. The minimum atomic E-state index is -0.509. The van der Waals surface area contributed by atoms with Gasteiger partial charge in [0.1, 0.15) is 5.75 Å². The zero-order valence-corrected chi connectivity index (χ0v) is 14.7. The number of carbonyl (C=O) groups is 2. The fourth-order valence-electron chi connectivity index (χ4n) is 2.61. The van der Waals surface area contributed by atoms with Crippen molar-refractivity contribution >= 4 is 28.2 Å². The van der Waals surface area contributed by atoms with Gasteiger partial charge in [-0.05, 0) is 18.2 Å². The molecule has 1 aromatic heterocycles. The number of ether oxygens (including phenoxy) is 1. The Morgan fingerprint density at radius 1 is 1.04 bits per heavy atom. The molecule has 0 unspecified atom stereocenters. The highest BCUT2D eigenvalue weighted by Gasteiger charge is 2.26. The summed E-state index contributed by atoms with van der Waals surface area (Å²) in [6.07, 6.45) is 0. The molecule has 0 bridgehead atoms. The highest BCUT2D eigenvalue weighted by atomic mass is 32.1. The van der Waals surface area contributed by atoms with Gasteiger partial charge in [-0.3, -0.25) is 19.7 Å². The summed E-state index contributed by atoms with van der Waals surface area (Å²) in [6, 6.07) is 11.9. The van der Waals surface area contributed by atoms with Crippen molar-refractivity contribution in [3.05, 3.63) is 57.5 Å². The number of nitro groups is 1. The van der Waals surface area contributed by atoms with Gasteiger partial charge in [0, 0.05) is 32.2 Å². The molecule has 0 spiro atoms. The van der Waals surface area contributed by atoms with Gasteiger partial charge >= 0.3 is 5.00 Å². The molecule has 1 aromatic carbocycles. The number of piperazine rings is 1. The first kappa shape index (κ1) is 17.9.